The molecule has 0 N–H and O–H groups in total. The van der Waals surface area contributed by atoms with Crippen LogP contribution in [0, 0.1) is 17.2 Å². The van der Waals surface area contributed by atoms with Gasteiger partial charge in [-0.15, -0.1) is 0 Å². The predicted octanol–water partition coefficient (Wildman–Crippen LogP) is 2.32. The third-order valence-corrected chi connectivity index (χ3v) is 3.33. The second kappa shape index (κ2) is 5.01. The first-order valence-corrected chi connectivity index (χ1v) is 5.99. The lowest BCUT2D eigenvalue weighted by atomic mass is 10.1. The van der Waals surface area contributed by atoms with E-state index in [4.69, 9.17) is 5.26 Å². The molecule has 1 amide bonds. The Bertz CT molecular complexity index is 444. The molecule has 1 heterocycles. The van der Waals surface area contributed by atoms with Crippen molar-refractivity contribution in [2.24, 2.45) is 5.92 Å². The fourth-order valence-electron chi connectivity index (χ4n) is 2.19. The second-order valence-corrected chi connectivity index (χ2v) is 4.56. The van der Waals surface area contributed by atoms with E-state index in [1.54, 1.807) is 12.1 Å². The maximum Gasteiger partial charge on any atom is 0.223 e. The van der Waals surface area contributed by atoms with Gasteiger partial charge >= 0.3 is 0 Å². The van der Waals surface area contributed by atoms with Crippen LogP contribution < -0.4 is 0 Å². The van der Waals surface area contributed by atoms with Gasteiger partial charge in [0.05, 0.1) is 11.6 Å². The Morgan fingerprint density at radius 2 is 2.12 bits per heavy atom. The lowest BCUT2D eigenvalue weighted by Crippen LogP contribution is -2.24. The molecule has 0 aromatic heterocycles. The summed E-state index contributed by atoms with van der Waals surface area (Å²) in [7, 11) is 0. The Morgan fingerprint density at radius 1 is 1.41 bits per heavy atom. The molecule has 0 spiro atoms. The third-order valence-electron chi connectivity index (χ3n) is 3.33. The van der Waals surface area contributed by atoms with Crippen molar-refractivity contribution in [3.8, 4) is 6.07 Å². The van der Waals surface area contributed by atoms with Crippen LogP contribution in [0.1, 0.15) is 30.9 Å². The van der Waals surface area contributed by atoms with E-state index < -0.39 is 0 Å². The first kappa shape index (κ1) is 11.7. The topological polar surface area (TPSA) is 44.1 Å². The average molecular weight is 228 g/mol. The van der Waals surface area contributed by atoms with Crippen LogP contribution >= 0.6 is 0 Å². The number of likely N-dealkylation sites (tertiary alicyclic amines) is 1. The monoisotopic (exact) mass is 228 g/mol. The quantitative estimate of drug-likeness (QED) is 0.796. The summed E-state index contributed by atoms with van der Waals surface area (Å²) in [5.74, 6) is 0.766. The Kier molecular flexibility index (Phi) is 3.43. The molecule has 3 heteroatoms. The number of nitrogens with zero attached hydrogens (tertiary/aromatic N) is 2. The van der Waals surface area contributed by atoms with Gasteiger partial charge in [-0.1, -0.05) is 25.5 Å². The summed E-state index contributed by atoms with van der Waals surface area (Å²) >= 11 is 0. The fraction of sp³-hybridized carbons (Fsp3) is 0.429. The van der Waals surface area contributed by atoms with E-state index in [-0.39, 0.29) is 5.91 Å². The highest BCUT2D eigenvalue weighted by atomic mass is 16.2. The second-order valence-electron chi connectivity index (χ2n) is 4.56. The minimum atomic E-state index is 0.251. The van der Waals surface area contributed by atoms with Gasteiger partial charge in [0, 0.05) is 19.5 Å². The molecule has 3 nitrogen and oxygen atoms in total. The van der Waals surface area contributed by atoms with Crippen LogP contribution in [0.2, 0.25) is 0 Å². The molecule has 1 unspecified atom stereocenters. The number of rotatable bonds is 3. The molecule has 1 aliphatic heterocycles. The molecule has 0 bridgehead atoms. The van der Waals surface area contributed by atoms with Crippen LogP contribution in [0.4, 0.5) is 0 Å². The molecular formula is C14H16N2O. The van der Waals surface area contributed by atoms with Crippen LogP contribution in [0.25, 0.3) is 0 Å². The zero-order valence-electron chi connectivity index (χ0n) is 10.0. The van der Waals surface area contributed by atoms with E-state index in [1.807, 2.05) is 17.0 Å². The summed E-state index contributed by atoms with van der Waals surface area (Å²) < 4.78 is 0. The van der Waals surface area contributed by atoms with E-state index in [9.17, 15) is 4.79 Å². The maximum atomic E-state index is 11.7. The maximum absolute atomic E-state index is 11.7. The van der Waals surface area contributed by atoms with E-state index in [0.29, 0.717) is 24.4 Å². The summed E-state index contributed by atoms with van der Waals surface area (Å²) in [5, 5.41) is 8.71. The first-order valence-electron chi connectivity index (χ1n) is 5.99. The van der Waals surface area contributed by atoms with Gasteiger partial charge in [-0.3, -0.25) is 4.79 Å². The van der Waals surface area contributed by atoms with Crippen molar-refractivity contribution in [3.05, 3.63) is 35.4 Å². The van der Waals surface area contributed by atoms with Gasteiger partial charge in [-0.25, -0.2) is 0 Å². The molecule has 1 aliphatic rings. The molecule has 1 saturated heterocycles. The summed E-state index contributed by atoms with van der Waals surface area (Å²) in [4.78, 5) is 13.7. The smallest absolute Gasteiger partial charge is 0.223 e. The predicted molar refractivity (Wildman–Crippen MR) is 65.0 cm³/mol. The highest BCUT2D eigenvalue weighted by Crippen LogP contribution is 2.22. The standard InChI is InChI=1S/C14H16N2O/c1-2-11-7-14(17)16(9-11)10-13-5-3-12(8-15)4-6-13/h3-6,11H,2,7,9-10H2,1H3. The molecule has 0 saturated carbocycles. The van der Waals surface area contributed by atoms with Gasteiger partial charge in [0.15, 0.2) is 0 Å². The van der Waals surface area contributed by atoms with E-state index in [2.05, 4.69) is 13.0 Å². The van der Waals surface area contributed by atoms with Crippen LogP contribution in [-0.2, 0) is 11.3 Å². The lowest BCUT2D eigenvalue weighted by molar-refractivity contribution is -0.128. The number of benzene rings is 1. The Balaban J connectivity index is 2.01. The fourth-order valence-corrected chi connectivity index (χ4v) is 2.19. The molecule has 17 heavy (non-hydrogen) atoms. The SMILES string of the molecule is CCC1CC(=O)N(Cc2ccc(C#N)cc2)C1. The van der Waals surface area contributed by atoms with Crippen LogP contribution in [0.15, 0.2) is 24.3 Å². The van der Waals surface area contributed by atoms with Crippen molar-refractivity contribution in [2.75, 3.05) is 6.54 Å². The summed E-state index contributed by atoms with van der Waals surface area (Å²) in [6.45, 7) is 3.67. The average Bonchev–Trinajstić information content (AvgIpc) is 2.71. The molecular weight excluding hydrogens is 212 g/mol. The molecule has 88 valence electrons. The zero-order valence-corrected chi connectivity index (χ0v) is 10.0. The Hall–Kier alpha value is -1.82. The van der Waals surface area contributed by atoms with Crippen molar-refractivity contribution in [1.29, 1.82) is 5.26 Å². The number of hydrogen-bond donors (Lipinski definition) is 0. The van der Waals surface area contributed by atoms with Crippen LogP contribution in [0.3, 0.4) is 0 Å². The normalized spacial score (nSPS) is 19.4. The van der Waals surface area contributed by atoms with E-state index in [1.165, 1.54) is 0 Å². The number of amides is 1. The van der Waals surface area contributed by atoms with Gasteiger partial charge in [-0.2, -0.15) is 5.26 Å². The minimum absolute atomic E-state index is 0.251. The molecule has 1 aromatic carbocycles. The number of nitriles is 1. The summed E-state index contributed by atoms with van der Waals surface area (Å²) in [6, 6.07) is 9.53. The zero-order chi connectivity index (χ0) is 12.3. The molecule has 1 atom stereocenters. The highest BCUT2D eigenvalue weighted by molar-refractivity contribution is 5.78. The largest absolute Gasteiger partial charge is 0.338 e. The Morgan fingerprint density at radius 3 is 2.65 bits per heavy atom. The van der Waals surface area contributed by atoms with Crippen LogP contribution in [0.5, 0.6) is 0 Å². The molecule has 2 rings (SSSR count). The number of hydrogen-bond acceptors (Lipinski definition) is 2. The van der Waals surface area contributed by atoms with Crippen molar-refractivity contribution in [2.45, 2.75) is 26.3 Å². The minimum Gasteiger partial charge on any atom is -0.338 e. The first-order chi connectivity index (χ1) is 8.22. The van der Waals surface area contributed by atoms with Crippen LogP contribution in [-0.4, -0.2) is 17.4 Å². The van der Waals surface area contributed by atoms with Crippen molar-refractivity contribution < 1.29 is 4.79 Å². The van der Waals surface area contributed by atoms with Crippen molar-refractivity contribution in [3.63, 3.8) is 0 Å². The van der Waals surface area contributed by atoms with Gasteiger partial charge in [-0.05, 0) is 23.6 Å². The van der Waals surface area contributed by atoms with Gasteiger partial charge in [0.2, 0.25) is 5.91 Å². The number of carbonyl (C=O) groups excluding carboxylic acids is 1. The molecule has 0 radical (unpaired) electrons. The van der Waals surface area contributed by atoms with Crippen molar-refractivity contribution >= 4 is 5.91 Å². The van der Waals surface area contributed by atoms with Crippen molar-refractivity contribution in [1.82, 2.24) is 4.90 Å². The van der Waals surface area contributed by atoms with E-state index in [0.717, 1.165) is 18.5 Å². The third kappa shape index (κ3) is 2.65. The Labute approximate surface area is 102 Å². The van der Waals surface area contributed by atoms with Gasteiger partial charge in [0.25, 0.3) is 0 Å². The van der Waals surface area contributed by atoms with Gasteiger partial charge < -0.3 is 4.90 Å². The van der Waals surface area contributed by atoms with E-state index >= 15 is 0 Å². The van der Waals surface area contributed by atoms with Gasteiger partial charge in [0.1, 0.15) is 0 Å². The number of carbonyl (C=O) groups is 1. The molecule has 1 fully saturated rings. The molecule has 1 aromatic rings. The lowest BCUT2D eigenvalue weighted by Gasteiger charge is -2.16. The summed E-state index contributed by atoms with van der Waals surface area (Å²) in [6.07, 6.45) is 1.75. The summed E-state index contributed by atoms with van der Waals surface area (Å²) in [5.41, 5.74) is 1.75. The highest BCUT2D eigenvalue weighted by Gasteiger charge is 2.27. The molecule has 0 aliphatic carbocycles.